The molecule has 3 aromatic rings. The van der Waals surface area contributed by atoms with Gasteiger partial charge in [-0.25, -0.2) is 4.98 Å². The maximum absolute atomic E-state index is 12.6. The van der Waals surface area contributed by atoms with Crippen molar-refractivity contribution in [1.29, 1.82) is 0 Å². The molecule has 6 heteroatoms. The number of nitrogens with two attached hydrogens (primary N) is 1. The van der Waals surface area contributed by atoms with Crippen molar-refractivity contribution in [1.82, 2.24) is 4.98 Å². The minimum absolute atomic E-state index is 0.118. The molecule has 0 fully saturated rings. The fourth-order valence-electron chi connectivity index (χ4n) is 2.27. The predicted molar refractivity (Wildman–Crippen MR) is 103 cm³/mol. The number of anilines is 3. The van der Waals surface area contributed by atoms with Crippen LogP contribution in [0.25, 0.3) is 0 Å². The third-order valence-corrected chi connectivity index (χ3v) is 5.07. The van der Waals surface area contributed by atoms with Crippen LogP contribution in [0.5, 0.6) is 0 Å². The van der Waals surface area contributed by atoms with Gasteiger partial charge in [0.05, 0.1) is 0 Å². The average Bonchev–Trinajstić information content (AvgIpc) is 2.95. The number of hydrogen-bond donors (Lipinski definition) is 2. The van der Waals surface area contributed by atoms with Crippen LogP contribution >= 0.6 is 27.3 Å². The van der Waals surface area contributed by atoms with E-state index in [0.29, 0.717) is 15.6 Å². The van der Waals surface area contributed by atoms with Crippen molar-refractivity contribution in [3.63, 3.8) is 0 Å². The molecule has 0 atom stereocenters. The summed E-state index contributed by atoms with van der Waals surface area (Å²) in [6, 6.07) is 15.3. The third kappa shape index (κ3) is 3.66. The number of carbonyl (C=O) groups is 1. The number of thiazole rings is 1. The van der Waals surface area contributed by atoms with Crippen molar-refractivity contribution < 1.29 is 4.79 Å². The molecule has 0 spiro atoms. The third-order valence-electron chi connectivity index (χ3n) is 3.55. The Balaban J connectivity index is 1.84. The Hall–Kier alpha value is -2.18. The first-order valence-corrected chi connectivity index (χ1v) is 9.10. The zero-order valence-electron chi connectivity index (χ0n) is 13.0. The van der Waals surface area contributed by atoms with Crippen LogP contribution in [0.4, 0.5) is 16.6 Å². The second-order valence-corrected chi connectivity index (χ2v) is 7.16. The Morgan fingerprint density at radius 3 is 2.71 bits per heavy atom. The molecule has 0 bridgehead atoms. The fourth-order valence-corrected chi connectivity index (χ4v) is 3.40. The summed E-state index contributed by atoms with van der Waals surface area (Å²) in [5.41, 5.74) is 8.71. The summed E-state index contributed by atoms with van der Waals surface area (Å²) in [6.45, 7) is 2.11. The quantitative estimate of drug-likeness (QED) is 0.588. The number of ketones is 1. The Labute approximate surface area is 152 Å². The zero-order valence-corrected chi connectivity index (χ0v) is 15.4. The molecule has 0 unspecified atom stereocenters. The van der Waals surface area contributed by atoms with Crippen molar-refractivity contribution in [2.24, 2.45) is 0 Å². The molecule has 0 aliphatic rings. The molecular weight excluding hydrogens is 386 g/mol. The highest BCUT2D eigenvalue weighted by Gasteiger charge is 2.18. The molecule has 0 aliphatic heterocycles. The van der Waals surface area contributed by atoms with Crippen molar-refractivity contribution >= 4 is 49.7 Å². The molecule has 2 aromatic carbocycles. The highest BCUT2D eigenvalue weighted by molar-refractivity contribution is 9.10. The van der Waals surface area contributed by atoms with E-state index in [1.807, 2.05) is 24.3 Å². The van der Waals surface area contributed by atoms with E-state index in [9.17, 15) is 4.79 Å². The van der Waals surface area contributed by atoms with E-state index in [2.05, 4.69) is 45.3 Å². The average molecular weight is 402 g/mol. The van der Waals surface area contributed by atoms with Gasteiger partial charge in [-0.15, -0.1) is 0 Å². The molecular formula is C18H16BrN3OS. The lowest BCUT2D eigenvalue weighted by Gasteiger charge is -2.04. The van der Waals surface area contributed by atoms with Crippen molar-refractivity contribution in [2.75, 3.05) is 11.1 Å². The molecule has 0 aliphatic carbocycles. The van der Waals surface area contributed by atoms with E-state index in [4.69, 9.17) is 5.73 Å². The molecule has 4 nitrogen and oxygen atoms in total. The Morgan fingerprint density at radius 1 is 1.25 bits per heavy atom. The van der Waals surface area contributed by atoms with Gasteiger partial charge in [-0.1, -0.05) is 46.3 Å². The molecule has 122 valence electrons. The van der Waals surface area contributed by atoms with Gasteiger partial charge in [0.1, 0.15) is 10.7 Å². The SMILES string of the molecule is CCc1cccc(Nc2nc(N)c(C(=O)c3ccc(Br)cc3)s2)c1. The molecule has 1 aromatic heterocycles. The summed E-state index contributed by atoms with van der Waals surface area (Å²) in [5, 5.41) is 3.84. The number of rotatable bonds is 5. The van der Waals surface area contributed by atoms with E-state index < -0.39 is 0 Å². The van der Waals surface area contributed by atoms with Gasteiger partial charge in [-0.3, -0.25) is 4.79 Å². The topological polar surface area (TPSA) is 68.0 Å². The van der Waals surface area contributed by atoms with Crippen LogP contribution in [-0.2, 0) is 6.42 Å². The van der Waals surface area contributed by atoms with Gasteiger partial charge in [0.2, 0.25) is 5.78 Å². The smallest absolute Gasteiger partial charge is 0.206 e. The summed E-state index contributed by atoms with van der Waals surface area (Å²) < 4.78 is 0.925. The zero-order chi connectivity index (χ0) is 17.1. The fraction of sp³-hybridized carbons (Fsp3) is 0.111. The molecule has 0 radical (unpaired) electrons. The second-order valence-electron chi connectivity index (χ2n) is 5.25. The lowest BCUT2D eigenvalue weighted by atomic mass is 10.1. The predicted octanol–water partition coefficient (Wildman–Crippen LogP) is 5.02. The second kappa shape index (κ2) is 7.15. The van der Waals surface area contributed by atoms with Crippen molar-refractivity contribution in [2.45, 2.75) is 13.3 Å². The number of benzene rings is 2. The van der Waals surface area contributed by atoms with E-state index in [1.54, 1.807) is 12.1 Å². The largest absolute Gasteiger partial charge is 0.382 e. The summed E-state index contributed by atoms with van der Waals surface area (Å²) in [4.78, 5) is 17.3. The van der Waals surface area contributed by atoms with E-state index >= 15 is 0 Å². The summed E-state index contributed by atoms with van der Waals surface area (Å²) in [6.07, 6.45) is 0.961. The number of nitrogen functional groups attached to an aromatic ring is 1. The van der Waals surface area contributed by atoms with Gasteiger partial charge >= 0.3 is 0 Å². The van der Waals surface area contributed by atoms with Crippen LogP contribution in [0, 0.1) is 0 Å². The number of halogens is 1. The van der Waals surface area contributed by atoms with Crippen molar-refractivity contribution in [3.8, 4) is 0 Å². The van der Waals surface area contributed by atoms with Crippen LogP contribution in [0.1, 0.15) is 27.7 Å². The standard InChI is InChI=1S/C18H16BrN3OS/c1-2-11-4-3-5-14(10-11)21-18-22-17(20)16(24-18)15(23)12-6-8-13(19)9-7-12/h3-10H,2,20H2,1H3,(H,21,22). The normalized spacial score (nSPS) is 10.6. The molecule has 24 heavy (non-hydrogen) atoms. The van der Waals surface area contributed by atoms with Crippen LogP contribution in [-0.4, -0.2) is 10.8 Å². The molecule has 0 amide bonds. The Bertz CT molecular complexity index is 874. The van der Waals surface area contributed by atoms with Gasteiger partial charge in [0.25, 0.3) is 0 Å². The number of hydrogen-bond acceptors (Lipinski definition) is 5. The summed E-state index contributed by atoms with van der Waals surface area (Å²) in [5.74, 6) is 0.134. The Morgan fingerprint density at radius 2 is 2.00 bits per heavy atom. The maximum atomic E-state index is 12.6. The molecule has 0 saturated heterocycles. The lowest BCUT2D eigenvalue weighted by Crippen LogP contribution is -2.02. The van der Waals surface area contributed by atoms with E-state index in [-0.39, 0.29) is 11.6 Å². The van der Waals surface area contributed by atoms with Crippen molar-refractivity contribution in [3.05, 3.63) is 69.0 Å². The summed E-state index contributed by atoms with van der Waals surface area (Å²) >= 11 is 4.63. The molecule has 3 N–H and O–H groups in total. The van der Waals surface area contributed by atoms with Gasteiger partial charge in [-0.2, -0.15) is 0 Å². The number of carbonyl (C=O) groups excluding carboxylic acids is 1. The molecule has 0 saturated carbocycles. The maximum Gasteiger partial charge on any atom is 0.206 e. The monoisotopic (exact) mass is 401 g/mol. The molecule has 3 rings (SSSR count). The highest BCUT2D eigenvalue weighted by atomic mass is 79.9. The lowest BCUT2D eigenvalue weighted by molar-refractivity contribution is 0.104. The molecule has 1 heterocycles. The van der Waals surface area contributed by atoms with Gasteiger partial charge in [-0.05, 0) is 48.4 Å². The number of aromatic nitrogens is 1. The first-order chi connectivity index (χ1) is 11.6. The highest BCUT2D eigenvalue weighted by Crippen LogP contribution is 2.30. The number of nitrogens with zero attached hydrogens (tertiary/aromatic N) is 1. The minimum atomic E-state index is -0.118. The first-order valence-electron chi connectivity index (χ1n) is 7.49. The van der Waals surface area contributed by atoms with E-state index in [1.165, 1.54) is 16.9 Å². The van der Waals surface area contributed by atoms with Gasteiger partial charge in [0, 0.05) is 15.7 Å². The number of nitrogens with one attached hydrogen (secondary N) is 1. The Kier molecular flexibility index (Phi) is 4.97. The van der Waals surface area contributed by atoms with Crippen LogP contribution in [0.2, 0.25) is 0 Å². The van der Waals surface area contributed by atoms with Crippen LogP contribution < -0.4 is 11.1 Å². The van der Waals surface area contributed by atoms with Crippen LogP contribution in [0.15, 0.2) is 53.0 Å². The first kappa shape index (κ1) is 16.7. The van der Waals surface area contributed by atoms with Gasteiger partial charge < -0.3 is 11.1 Å². The van der Waals surface area contributed by atoms with Gasteiger partial charge in [0.15, 0.2) is 5.13 Å². The minimum Gasteiger partial charge on any atom is -0.382 e. The summed E-state index contributed by atoms with van der Waals surface area (Å²) in [7, 11) is 0. The number of aryl methyl sites for hydroxylation is 1. The van der Waals surface area contributed by atoms with Crippen LogP contribution in [0.3, 0.4) is 0 Å². The van der Waals surface area contributed by atoms with E-state index in [0.717, 1.165) is 16.6 Å².